The average molecular weight is 233 g/mol. The zero-order valence-corrected chi connectivity index (χ0v) is 12.6. The maximum atomic E-state index is 2.44. The Morgan fingerprint density at radius 2 is 1.62 bits per heavy atom. The minimum atomic E-state index is -0.184. The maximum Gasteiger partial charge on any atom is 0.0460 e. The van der Waals surface area contributed by atoms with Crippen LogP contribution in [0.2, 0.25) is 13.1 Å². The molecule has 0 aliphatic heterocycles. The highest BCUT2D eigenvalue weighted by Crippen LogP contribution is 2.25. The molecule has 0 unspecified atom stereocenters. The predicted molar refractivity (Wildman–Crippen MR) is 75.8 cm³/mol. The van der Waals surface area contributed by atoms with Gasteiger partial charge in [0.2, 0.25) is 0 Å². The van der Waals surface area contributed by atoms with Crippen molar-refractivity contribution in [2.75, 3.05) is 0 Å². The first-order valence-corrected chi connectivity index (χ1v) is 9.04. The highest BCUT2D eigenvalue weighted by atomic mass is 28.3. The van der Waals surface area contributed by atoms with Gasteiger partial charge in [-0.05, 0) is 34.6 Å². The van der Waals surface area contributed by atoms with E-state index in [1.165, 1.54) is 11.6 Å². The Hall–Kier alpha value is -0.563. The predicted octanol–water partition coefficient (Wildman–Crippen LogP) is 4.77. The van der Waals surface area contributed by atoms with Gasteiger partial charge in [0.05, 0.1) is 0 Å². The van der Waals surface area contributed by atoms with E-state index in [9.17, 15) is 0 Å². The summed E-state index contributed by atoms with van der Waals surface area (Å²) in [5.41, 5.74) is 4.64. The second-order valence-corrected chi connectivity index (χ2v) is 8.42. The van der Waals surface area contributed by atoms with E-state index in [2.05, 4.69) is 59.0 Å². The second kappa shape index (κ2) is 5.67. The molecule has 0 spiro atoms. The fourth-order valence-electron chi connectivity index (χ4n) is 2.08. The van der Waals surface area contributed by atoms with E-state index in [4.69, 9.17) is 0 Å². The first-order valence-electron chi connectivity index (χ1n) is 6.33. The van der Waals surface area contributed by atoms with Gasteiger partial charge in [-0.2, -0.15) is 0 Å². The fourth-order valence-corrected chi connectivity index (χ4v) is 3.15. The Morgan fingerprint density at radius 3 is 2.06 bits per heavy atom. The zero-order valence-electron chi connectivity index (χ0n) is 11.6. The normalized spacial score (nSPS) is 11.8. The van der Waals surface area contributed by atoms with Gasteiger partial charge in [-0.1, -0.05) is 59.0 Å². The van der Waals surface area contributed by atoms with E-state index in [1.54, 1.807) is 11.1 Å². The van der Waals surface area contributed by atoms with Crippen molar-refractivity contribution in [3.8, 4) is 0 Å². The lowest BCUT2D eigenvalue weighted by Crippen LogP contribution is -2.09. The van der Waals surface area contributed by atoms with Gasteiger partial charge < -0.3 is 0 Å². The first kappa shape index (κ1) is 13.5. The molecule has 0 atom stereocenters. The Bertz CT molecular complexity index is 337. The summed E-state index contributed by atoms with van der Waals surface area (Å²) in [5, 5.41) is 0. The Morgan fingerprint density at radius 1 is 1.00 bits per heavy atom. The van der Waals surface area contributed by atoms with Crippen LogP contribution in [0.15, 0.2) is 18.2 Å². The maximum absolute atomic E-state index is 2.44. The molecule has 0 N–H and O–H groups in total. The highest BCUT2D eigenvalue weighted by Gasteiger charge is 2.10. The molecule has 0 bridgehead atoms. The van der Waals surface area contributed by atoms with Crippen molar-refractivity contribution in [2.45, 2.75) is 58.7 Å². The molecular formula is C15H25Si. The molecule has 0 aromatic heterocycles. The summed E-state index contributed by atoms with van der Waals surface area (Å²) in [7, 11) is -0.184. The third-order valence-corrected chi connectivity index (χ3v) is 4.09. The number of hydrogen-bond acceptors (Lipinski definition) is 0. The molecule has 0 heterocycles. The standard InChI is InChI=1S/C15H25Si/c1-11(2)13-7-8-15(12(3)4)14(9-13)10-16(5)6/h7-9,11-12H,10H2,1-6H3. The van der Waals surface area contributed by atoms with Crippen LogP contribution in [-0.4, -0.2) is 8.80 Å². The van der Waals surface area contributed by atoms with Crippen molar-refractivity contribution in [2.24, 2.45) is 0 Å². The Balaban J connectivity index is 3.10. The number of benzene rings is 1. The molecule has 1 heteroatoms. The molecular weight excluding hydrogens is 208 g/mol. The molecule has 1 aromatic carbocycles. The lowest BCUT2D eigenvalue weighted by Gasteiger charge is -2.17. The van der Waals surface area contributed by atoms with Crippen LogP contribution in [0.5, 0.6) is 0 Å². The Labute approximate surface area is 103 Å². The van der Waals surface area contributed by atoms with Crippen LogP contribution in [0.1, 0.15) is 56.2 Å². The smallest absolute Gasteiger partial charge is 0.0460 e. The summed E-state index contributed by atoms with van der Waals surface area (Å²) >= 11 is 0. The average Bonchev–Trinajstić information content (AvgIpc) is 2.15. The molecule has 0 saturated carbocycles. The number of hydrogen-bond donors (Lipinski definition) is 0. The molecule has 16 heavy (non-hydrogen) atoms. The van der Waals surface area contributed by atoms with Crippen LogP contribution in [-0.2, 0) is 6.04 Å². The zero-order chi connectivity index (χ0) is 12.3. The summed E-state index contributed by atoms with van der Waals surface area (Å²) in [5.74, 6) is 1.29. The molecule has 0 fully saturated rings. The minimum Gasteiger partial charge on any atom is -0.0710 e. The van der Waals surface area contributed by atoms with E-state index in [0.717, 1.165) is 0 Å². The Kier molecular flexibility index (Phi) is 4.79. The van der Waals surface area contributed by atoms with Gasteiger partial charge in [0.25, 0.3) is 0 Å². The van der Waals surface area contributed by atoms with Crippen molar-refractivity contribution in [1.29, 1.82) is 0 Å². The molecule has 0 saturated heterocycles. The third-order valence-electron chi connectivity index (χ3n) is 3.00. The van der Waals surface area contributed by atoms with Gasteiger partial charge in [0.15, 0.2) is 0 Å². The van der Waals surface area contributed by atoms with Crippen LogP contribution in [0.4, 0.5) is 0 Å². The molecule has 0 nitrogen and oxygen atoms in total. The topological polar surface area (TPSA) is 0 Å². The summed E-state index contributed by atoms with van der Waals surface area (Å²) in [6.45, 7) is 13.9. The van der Waals surface area contributed by atoms with Crippen LogP contribution in [0.25, 0.3) is 0 Å². The van der Waals surface area contributed by atoms with Crippen molar-refractivity contribution >= 4 is 8.80 Å². The van der Waals surface area contributed by atoms with Crippen molar-refractivity contribution in [3.63, 3.8) is 0 Å². The largest absolute Gasteiger partial charge is 0.0710 e. The molecule has 89 valence electrons. The molecule has 1 aromatic rings. The van der Waals surface area contributed by atoms with Gasteiger partial charge in [-0.25, -0.2) is 0 Å². The second-order valence-electron chi connectivity index (χ2n) is 5.65. The lowest BCUT2D eigenvalue weighted by molar-refractivity contribution is 0.832. The quantitative estimate of drug-likeness (QED) is 0.657. The van der Waals surface area contributed by atoms with E-state index >= 15 is 0 Å². The van der Waals surface area contributed by atoms with Gasteiger partial charge in [-0.15, -0.1) is 0 Å². The molecule has 0 aliphatic rings. The first-order chi connectivity index (χ1) is 7.41. The van der Waals surface area contributed by atoms with Crippen LogP contribution in [0.3, 0.4) is 0 Å². The molecule has 1 rings (SSSR count). The van der Waals surface area contributed by atoms with Crippen molar-refractivity contribution in [1.82, 2.24) is 0 Å². The van der Waals surface area contributed by atoms with Gasteiger partial charge in [0.1, 0.15) is 0 Å². The molecule has 0 amide bonds. The SMILES string of the molecule is CC(C)c1ccc(C(C)C)c(C[Si](C)C)c1. The summed E-state index contributed by atoms with van der Waals surface area (Å²) in [6, 6.07) is 8.40. The van der Waals surface area contributed by atoms with Crippen molar-refractivity contribution < 1.29 is 0 Å². The van der Waals surface area contributed by atoms with Crippen LogP contribution in [0, 0.1) is 0 Å². The summed E-state index contributed by atoms with van der Waals surface area (Å²) in [6.07, 6.45) is 0. The number of rotatable bonds is 4. The van der Waals surface area contributed by atoms with Crippen LogP contribution < -0.4 is 0 Å². The third kappa shape index (κ3) is 3.48. The lowest BCUT2D eigenvalue weighted by atomic mass is 9.93. The van der Waals surface area contributed by atoms with Gasteiger partial charge in [-0.3, -0.25) is 0 Å². The van der Waals surface area contributed by atoms with Crippen molar-refractivity contribution in [3.05, 3.63) is 34.9 Å². The summed E-state index contributed by atoms with van der Waals surface area (Å²) in [4.78, 5) is 0. The van der Waals surface area contributed by atoms with Gasteiger partial charge in [0, 0.05) is 8.80 Å². The fraction of sp³-hybridized carbons (Fsp3) is 0.600. The van der Waals surface area contributed by atoms with E-state index in [1.807, 2.05) is 0 Å². The molecule has 0 aliphatic carbocycles. The van der Waals surface area contributed by atoms with E-state index < -0.39 is 0 Å². The van der Waals surface area contributed by atoms with E-state index in [-0.39, 0.29) is 8.80 Å². The minimum absolute atomic E-state index is 0.184. The van der Waals surface area contributed by atoms with E-state index in [0.29, 0.717) is 11.8 Å². The highest BCUT2D eigenvalue weighted by molar-refractivity contribution is 6.55. The molecule has 1 radical (unpaired) electrons. The van der Waals surface area contributed by atoms with Crippen LogP contribution >= 0.6 is 0 Å². The monoisotopic (exact) mass is 233 g/mol. The van der Waals surface area contributed by atoms with Gasteiger partial charge >= 0.3 is 0 Å². The summed E-state index contributed by atoms with van der Waals surface area (Å²) < 4.78 is 0.